The average Bonchev–Trinajstić information content (AvgIpc) is 2.87. The first-order valence-electron chi connectivity index (χ1n) is 12.1. The van der Waals surface area contributed by atoms with Crippen molar-refractivity contribution in [2.24, 2.45) is 0 Å². The molecule has 2 aromatic heterocycles. The Hall–Kier alpha value is -3.56. The summed E-state index contributed by atoms with van der Waals surface area (Å²) in [6, 6.07) is 14.8. The summed E-state index contributed by atoms with van der Waals surface area (Å²) in [4.78, 5) is 32.8. The van der Waals surface area contributed by atoms with Gasteiger partial charge in [0.15, 0.2) is 0 Å². The molecule has 0 saturated carbocycles. The van der Waals surface area contributed by atoms with Gasteiger partial charge < -0.3 is 25.1 Å². The number of carboxylic acid groups (broad SMARTS) is 2. The molecule has 3 N–H and O–H groups in total. The van der Waals surface area contributed by atoms with Crippen molar-refractivity contribution >= 4 is 28.5 Å². The van der Waals surface area contributed by atoms with Crippen molar-refractivity contribution in [3.8, 4) is 11.3 Å². The highest BCUT2D eigenvalue weighted by Crippen LogP contribution is 2.30. The first kappa shape index (κ1) is 27.0. The molecule has 1 aliphatic rings. The van der Waals surface area contributed by atoms with Crippen LogP contribution in [0.1, 0.15) is 32.9 Å². The van der Waals surface area contributed by atoms with Gasteiger partial charge in [-0.2, -0.15) is 0 Å². The molecule has 1 saturated heterocycles. The van der Waals surface area contributed by atoms with Crippen LogP contribution in [0.15, 0.2) is 48.7 Å². The van der Waals surface area contributed by atoms with Gasteiger partial charge in [-0.1, -0.05) is 31.2 Å². The number of anilines is 1. The highest BCUT2D eigenvalue weighted by atomic mass is 16.4. The van der Waals surface area contributed by atoms with Gasteiger partial charge >= 0.3 is 11.9 Å². The second-order valence-electron chi connectivity index (χ2n) is 9.43. The second-order valence-corrected chi connectivity index (χ2v) is 9.43. The largest absolute Gasteiger partial charge is 0.473 e. The zero-order valence-electron chi connectivity index (χ0n) is 21.0. The third-order valence-electron chi connectivity index (χ3n) is 6.14. The Labute approximate surface area is 211 Å². The fourth-order valence-electron chi connectivity index (χ4n) is 4.00. The van der Waals surface area contributed by atoms with Crippen LogP contribution < -0.4 is 4.90 Å². The van der Waals surface area contributed by atoms with Crippen molar-refractivity contribution in [1.82, 2.24) is 14.9 Å². The van der Waals surface area contributed by atoms with E-state index in [9.17, 15) is 5.11 Å². The third kappa shape index (κ3) is 7.47. The van der Waals surface area contributed by atoms with Gasteiger partial charge in [0.1, 0.15) is 5.82 Å². The summed E-state index contributed by atoms with van der Waals surface area (Å²) >= 11 is 0. The number of pyridine rings is 2. The number of piperazine rings is 1. The molecule has 9 heteroatoms. The minimum atomic E-state index is -1.82. The predicted molar refractivity (Wildman–Crippen MR) is 139 cm³/mol. The smallest absolute Gasteiger partial charge is 0.414 e. The van der Waals surface area contributed by atoms with Gasteiger partial charge in [-0.15, -0.1) is 0 Å². The van der Waals surface area contributed by atoms with Gasteiger partial charge in [0, 0.05) is 49.0 Å². The lowest BCUT2D eigenvalue weighted by Crippen LogP contribution is -2.46. The number of carbonyl (C=O) groups is 2. The molecule has 4 rings (SSSR count). The third-order valence-corrected chi connectivity index (χ3v) is 6.14. The number of nitrogens with zero attached hydrogens (tertiary/aromatic N) is 4. The van der Waals surface area contributed by atoms with Gasteiger partial charge in [-0.3, -0.25) is 4.98 Å². The molecule has 1 aliphatic heterocycles. The molecule has 0 bridgehead atoms. The minimum Gasteiger partial charge on any atom is -0.473 e. The second kappa shape index (κ2) is 11.9. The number of aliphatic carboxylic acids is 2. The number of fused-ring (bicyclic) bond motifs is 1. The van der Waals surface area contributed by atoms with Crippen molar-refractivity contribution in [3.63, 3.8) is 0 Å². The van der Waals surface area contributed by atoms with E-state index in [1.54, 1.807) is 0 Å². The molecular weight excluding hydrogens is 460 g/mol. The topological polar surface area (TPSA) is 127 Å². The molecule has 0 radical (unpaired) electrons. The van der Waals surface area contributed by atoms with Crippen LogP contribution in [0.3, 0.4) is 0 Å². The molecule has 9 nitrogen and oxygen atoms in total. The number of aromatic nitrogens is 2. The molecule has 1 fully saturated rings. The predicted octanol–water partition coefficient (Wildman–Crippen LogP) is 3.30. The van der Waals surface area contributed by atoms with E-state index in [0.717, 1.165) is 61.9 Å². The summed E-state index contributed by atoms with van der Waals surface area (Å²) < 4.78 is 0. The summed E-state index contributed by atoms with van der Waals surface area (Å²) in [5.74, 6) is -2.57. The Morgan fingerprint density at radius 3 is 2.22 bits per heavy atom. The van der Waals surface area contributed by atoms with E-state index >= 15 is 0 Å². The number of carboxylic acids is 2. The standard InChI is InChI=1S/C25H32N4O.C2H2O4/c1-4-28-13-15-29(16-14-28)24-22-8-6-5-7-19(22)17-23(27-24)20-9-10-21(26-18-20)11-12-25(2,3)30;3-1(4)2(5)6/h5-10,17-18,30H,4,11-16H2,1-3H3;(H,3,4)(H,5,6). The van der Waals surface area contributed by atoms with Gasteiger partial charge in [-0.25, -0.2) is 14.6 Å². The lowest BCUT2D eigenvalue weighted by molar-refractivity contribution is -0.159. The molecule has 0 atom stereocenters. The van der Waals surface area contributed by atoms with E-state index in [-0.39, 0.29) is 0 Å². The number of aryl methyl sites for hydroxylation is 1. The van der Waals surface area contributed by atoms with Gasteiger partial charge in [0.2, 0.25) is 0 Å². The van der Waals surface area contributed by atoms with Crippen molar-refractivity contribution in [1.29, 1.82) is 0 Å². The minimum absolute atomic E-state index is 0.670. The number of rotatable bonds is 6. The number of aliphatic hydroxyl groups is 1. The molecule has 3 heterocycles. The van der Waals surface area contributed by atoms with E-state index in [1.807, 2.05) is 20.0 Å². The van der Waals surface area contributed by atoms with Crippen LogP contribution in [0, 0.1) is 0 Å². The van der Waals surface area contributed by atoms with Crippen molar-refractivity contribution in [2.45, 2.75) is 39.2 Å². The molecular formula is C27H34N4O5. The van der Waals surface area contributed by atoms with Gasteiger partial charge in [0.05, 0.1) is 11.3 Å². The normalized spacial score (nSPS) is 14.3. The van der Waals surface area contributed by atoms with Crippen LogP contribution in [-0.2, 0) is 16.0 Å². The maximum atomic E-state index is 9.95. The van der Waals surface area contributed by atoms with Crippen molar-refractivity contribution in [2.75, 3.05) is 37.6 Å². The number of likely N-dealkylation sites (N-methyl/N-ethyl adjacent to an activating group) is 1. The van der Waals surface area contributed by atoms with Crippen LogP contribution in [0.4, 0.5) is 5.82 Å². The zero-order chi connectivity index (χ0) is 26.3. The van der Waals surface area contributed by atoms with Crippen LogP contribution in [-0.4, -0.2) is 80.5 Å². The van der Waals surface area contributed by atoms with Crippen molar-refractivity contribution in [3.05, 3.63) is 54.4 Å². The molecule has 0 unspecified atom stereocenters. The lowest BCUT2D eigenvalue weighted by atomic mass is 10.0. The van der Waals surface area contributed by atoms with E-state index < -0.39 is 17.5 Å². The highest BCUT2D eigenvalue weighted by molar-refractivity contribution is 6.27. The van der Waals surface area contributed by atoms with Crippen molar-refractivity contribution < 1.29 is 24.9 Å². The summed E-state index contributed by atoms with van der Waals surface area (Å²) in [5, 5.41) is 27.2. The quantitative estimate of drug-likeness (QED) is 0.442. The van der Waals surface area contributed by atoms with E-state index in [4.69, 9.17) is 24.8 Å². The Balaban J connectivity index is 0.000000538. The van der Waals surface area contributed by atoms with E-state index in [1.165, 1.54) is 10.8 Å². The number of hydrogen-bond donors (Lipinski definition) is 3. The van der Waals surface area contributed by atoms with Gasteiger partial charge in [-0.05, 0) is 56.8 Å². The summed E-state index contributed by atoms with van der Waals surface area (Å²) in [6.45, 7) is 11.2. The fraction of sp³-hybridized carbons (Fsp3) is 0.407. The summed E-state index contributed by atoms with van der Waals surface area (Å²) in [5.41, 5.74) is 2.32. The summed E-state index contributed by atoms with van der Waals surface area (Å²) in [7, 11) is 0. The molecule has 192 valence electrons. The fourth-order valence-corrected chi connectivity index (χ4v) is 4.00. The number of benzene rings is 1. The first-order chi connectivity index (χ1) is 17.1. The molecule has 0 amide bonds. The number of hydrogen-bond acceptors (Lipinski definition) is 7. The van der Waals surface area contributed by atoms with Crippen LogP contribution in [0.25, 0.3) is 22.0 Å². The monoisotopic (exact) mass is 494 g/mol. The van der Waals surface area contributed by atoms with Crippen LogP contribution >= 0.6 is 0 Å². The Morgan fingerprint density at radius 2 is 1.67 bits per heavy atom. The Bertz CT molecular complexity index is 1170. The first-order valence-corrected chi connectivity index (χ1v) is 12.1. The molecule has 1 aromatic carbocycles. The molecule has 3 aromatic rings. The summed E-state index contributed by atoms with van der Waals surface area (Å²) in [6.07, 6.45) is 3.37. The van der Waals surface area contributed by atoms with E-state index in [0.29, 0.717) is 6.42 Å². The highest BCUT2D eigenvalue weighted by Gasteiger charge is 2.20. The molecule has 0 spiro atoms. The van der Waals surface area contributed by atoms with E-state index in [2.05, 4.69) is 64.2 Å². The Morgan fingerprint density at radius 1 is 1.00 bits per heavy atom. The van der Waals surface area contributed by atoms with Gasteiger partial charge in [0.25, 0.3) is 0 Å². The molecule has 36 heavy (non-hydrogen) atoms. The zero-order valence-corrected chi connectivity index (χ0v) is 21.0. The van der Waals surface area contributed by atoms with Crippen LogP contribution in [0.5, 0.6) is 0 Å². The maximum Gasteiger partial charge on any atom is 0.414 e. The average molecular weight is 495 g/mol. The molecule has 0 aliphatic carbocycles. The van der Waals surface area contributed by atoms with Crippen LogP contribution in [0.2, 0.25) is 0 Å². The lowest BCUT2D eigenvalue weighted by Gasteiger charge is -2.35. The Kier molecular flexibility index (Phi) is 8.95. The SMILES string of the molecule is CCN1CCN(c2nc(-c3ccc(CCC(C)(C)O)nc3)cc3ccccc23)CC1.O=C(O)C(=O)O. The maximum absolute atomic E-state index is 9.95.